The summed E-state index contributed by atoms with van der Waals surface area (Å²) in [7, 11) is -4.70. The lowest BCUT2D eigenvalue weighted by Gasteiger charge is -2.16. The summed E-state index contributed by atoms with van der Waals surface area (Å²) in [5.74, 6) is -0.669. The Balaban J connectivity index is 2.01. The molecule has 1 aliphatic rings. The number of imidazole rings is 1. The number of rotatable bonds is 8. The second-order valence-corrected chi connectivity index (χ2v) is 6.11. The summed E-state index contributed by atoms with van der Waals surface area (Å²) >= 11 is 0. The number of anilines is 1. The van der Waals surface area contributed by atoms with Gasteiger partial charge in [0.05, 0.1) is 12.9 Å². The van der Waals surface area contributed by atoms with Crippen LogP contribution in [-0.4, -0.2) is 68.7 Å². The Morgan fingerprint density at radius 2 is 2.46 bits per heavy atom. The van der Waals surface area contributed by atoms with Gasteiger partial charge in [0.15, 0.2) is 21.6 Å². The predicted molar refractivity (Wildman–Crippen MR) is 76.5 cm³/mol. The molecule has 0 bridgehead atoms. The summed E-state index contributed by atoms with van der Waals surface area (Å²) in [6.45, 7) is -0.690. The van der Waals surface area contributed by atoms with E-state index in [1.54, 1.807) is 0 Å². The Bertz CT molecular complexity index is 1020. The molecule has 24 heavy (non-hydrogen) atoms. The zero-order valence-corrected chi connectivity index (χ0v) is 12.5. The largest absolute Gasteiger partial charge is 0.469 e. The molecule has 7 N–H and O–H groups in total. The molecule has 3 rings (SSSR count). The van der Waals surface area contributed by atoms with Crippen molar-refractivity contribution in [2.75, 3.05) is 12.3 Å². The number of hydrogen-bond donors (Lipinski definition) is 6. The van der Waals surface area contributed by atoms with E-state index in [4.69, 9.17) is 13.3 Å². The van der Waals surface area contributed by atoms with E-state index >= 15 is 0 Å². The topological polar surface area (TPSA) is 206 Å². The van der Waals surface area contributed by atoms with Crippen LogP contribution in [-0.2, 0) is 13.8 Å². The van der Waals surface area contributed by atoms with Crippen LogP contribution >= 0.6 is 7.82 Å². The van der Waals surface area contributed by atoms with E-state index in [9.17, 15) is 14.3 Å². The number of nitrogens with one attached hydrogen (secondary N) is 1. The summed E-state index contributed by atoms with van der Waals surface area (Å²) in [6, 6.07) is 0. The van der Waals surface area contributed by atoms with Crippen molar-refractivity contribution in [3.05, 3.63) is 16.7 Å². The van der Waals surface area contributed by atoms with Crippen LogP contribution in [0, 0.1) is 0 Å². The first-order valence-electron chi connectivity index (χ1n) is 9.00. The van der Waals surface area contributed by atoms with Gasteiger partial charge in [0.2, 0.25) is 10.2 Å². The molecule has 14 heteroatoms. The molecule has 13 nitrogen and oxygen atoms in total. The number of nitrogens with zero attached hydrogens (tertiary/aromatic N) is 3. The lowest BCUT2D eigenvalue weighted by Crippen LogP contribution is -2.33. The van der Waals surface area contributed by atoms with Gasteiger partial charge >= 0.3 is 7.82 Å². The van der Waals surface area contributed by atoms with E-state index in [0.717, 1.165) is 10.9 Å². The summed E-state index contributed by atoms with van der Waals surface area (Å²) in [6.07, 6.45) is -4.16. The maximum atomic E-state index is 12.3. The molecular weight excluding hydrogens is 349 g/mol. The minimum atomic E-state index is -4.70. The van der Waals surface area contributed by atoms with E-state index in [2.05, 4.69) is 29.6 Å². The molecule has 0 aromatic carbocycles. The average molecular weight is 369 g/mol. The number of phosphoric ester groups is 1. The quantitative estimate of drug-likeness (QED) is 0.267. The van der Waals surface area contributed by atoms with Gasteiger partial charge in [0, 0.05) is 0 Å². The van der Waals surface area contributed by atoms with Gasteiger partial charge in [-0.2, -0.15) is 4.98 Å². The smallest absolute Gasteiger partial charge is 0.387 e. The van der Waals surface area contributed by atoms with Crippen molar-refractivity contribution in [3.8, 4) is 0 Å². The molecule has 0 radical (unpaired) electrons. The van der Waals surface area contributed by atoms with Crippen LogP contribution in [0.1, 0.15) is 6.23 Å². The lowest BCUT2D eigenvalue weighted by atomic mass is 10.1. The number of aliphatic hydroxyl groups is 2. The highest BCUT2D eigenvalue weighted by Gasteiger charge is 2.45. The van der Waals surface area contributed by atoms with Crippen LogP contribution in [0.2, 0.25) is 4.24 Å². The lowest BCUT2D eigenvalue weighted by molar-refractivity contribution is -0.0503. The first-order chi connectivity index (χ1) is 14.1. The highest BCUT2D eigenvalue weighted by atomic mass is 31.2. The molecular formula is C10H14N5O8P. The van der Waals surface area contributed by atoms with Crippen LogP contribution in [0.15, 0.2) is 11.1 Å². The van der Waals surface area contributed by atoms with Crippen LogP contribution in [0.25, 0.3) is 11.2 Å². The van der Waals surface area contributed by atoms with E-state index in [0.29, 0.717) is 0 Å². The Hall–Kier alpha value is -1.86. The molecule has 2 aromatic rings. The number of fused-ring (bicyclic) bond motifs is 1. The molecule has 0 spiro atoms. The number of H-pyrrole nitrogens is 1. The molecule has 1 fully saturated rings. The maximum Gasteiger partial charge on any atom is 0.469 e. The molecule has 1 saturated heterocycles. The van der Waals surface area contributed by atoms with Gasteiger partial charge in [-0.25, -0.2) is 9.55 Å². The number of hydrogen-bond acceptors (Lipinski definition) is 10. The van der Waals surface area contributed by atoms with Crippen LogP contribution in [0.3, 0.4) is 0 Å². The van der Waals surface area contributed by atoms with Crippen LogP contribution in [0.4, 0.5) is 5.95 Å². The predicted octanol–water partition coefficient (Wildman–Crippen LogP) is -2.57. The minimum absolute atomic E-state index is 0.0643. The Kier molecular flexibility index (Phi) is 2.68. The highest BCUT2D eigenvalue weighted by Crippen LogP contribution is 2.38. The van der Waals surface area contributed by atoms with Gasteiger partial charge in [0.25, 0.3) is 5.56 Å². The van der Waals surface area contributed by atoms with Gasteiger partial charge in [0.1, 0.15) is 18.3 Å². The SMILES string of the molecule is [2H]O[C@@H]1[C@H](O[2H])[C@@H](COP(=O)(O)O[2H])O[C@H]1n1cnc2c(=O)n([2H])c(N([2H])[2H])nc21. The normalized spacial score (nSPS) is 33.0. The van der Waals surface area contributed by atoms with Crippen LogP contribution < -0.4 is 11.3 Å². The molecule has 0 amide bonds. The summed E-state index contributed by atoms with van der Waals surface area (Å²) in [5, 5.41) is 9.06. The molecule has 2 aromatic heterocycles. The standard InChI is InChI=1S/C10H14N5O8P/c11-10-13-7-4(8(18)14-10)12-2-15(7)9-6(17)5(16)3(23-9)1-22-24(19,20)21/h2-3,5-6,9,16-17H,1H2,(H2,19,20,21)(H3,11,13,14,18)/t3-,5-,6-,9-/m1/s1/i16D,17D/hD4. The fraction of sp³-hybridized carbons (Fsp3) is 0.500. The highest BCUT2D eigenvalue weighted by molar-refractivity contribution is 7.46. The first-order valence-corrected chi connectivity index (χ1v) is 7.93. The number of nitrogens with two attached hydrogens (primary N) is 1. The Morgan fingerprint density at radius 1 is 1.62 bits per heavy atom. The number of nitrogen functional groups attached to an aromatic ring is 1. The molecule has 132 valence electrons. The van der Waals surface area contributed by atoms with Gasteiger partial charge < -0.3 is 30.5 Å². The third-order valence-electron chi connectivity index (χ3n) is 3.34. The van der Waals surface area contributed by atoms with Crippen molar-refractivity contribution in [2.24, 2.45) is 0 Å². The number of aliphatic hydroxyl groups excluding tert-OH is 2. The Morgan fingerprint density at radius 3 is 3.17 bits per heavy atom. The van der Waals surface area contributed by atoms with E-state index in [1.807, 2.05) is 0 Å². The van der Waals surface area contributed by atoms with Crippen molar-refractivity contribution in [1.29, 1.82) is 4.29 Å². The van der Waals surface area contributed by atoms with Gasteiger partial charge in [-0.05, 0) is 0 Å². The maximum absolute atomic E-state index is 12.3. The first kappa shape index (κ1) is 10.9. The van der Waals surface area contributed by atoms with Crippen LogP contribution in [0.5, 0.6) is 0 Å². The molecule has 0 saturated carbocycles. The van der Waals surface area contributed by atoms with Crippen molar-refractivity contribution in [1.82, 2.24) is 19.5 Å². The van der Waals surface area contributed by atoms with Crippen molar-refractivity contribution < 1.29 is 38.1 Å². The van der Waals surface area contributed by atoms with Gasteiger partial charge in [-0.1, -0.05) is 0 Å². The third-order valence-corrected chi connectivity index (χ3v) is 3.81. The summed E-state index contributed by atoms with van der Waals surface area (Å²) < 4.78 is 65.7. The van der Waals surface area contributed by atoms with Crippen molar-refractivity contribution >= 4 is 24.9 Å². The number of aromatic amines is 1. The number of ether oxygens (including phenoxy) is 1. The number of aromatic nitrogens is 4. The minimum Gasteiger partial charge on any atom is -0.387 e. The molecule has 0 aliphatic carbocycles. The zero-order chi connectivity index (χ0) is 22.2. The molecule has 3 heterocycles. The summed E-state index contributed by atoms with van der Waals surface area (Å²) in [4.78, 5) is 32.9. The van der Waals surface area contributed by atoms with E-state index in [-0.39, 0.29) is 21.9 Å². The zero-order valence-electron chi connectivity index (χ0n) is 17.6. The fourth-order valence-corrected chi connectivity index (χ4v) is 2.63. The van der Waals surface area contributed by atoms with Gasteiger partial charge in [-0.15, -0.1) is 0 Å². The average Bonchev–Trinajstić information content (AvgIpc) is 3.29. The third kappa shape index (κ3) is 3.06. The number of phosphoric acid groups is 1. The molecule has 5 atom stereocenters. The van der Waals surface area contributed by atoms with Gasteiger partial charge in [-0.3, -0.25) is 18.9 Å². The molecule has 1 aliphatic heterocycles. The monoisotopic (exact) mass is 369 g/mol. The second kappa shape index (κ2) is 5.89. The van der Waals surface area contributed by atoms with Crippen molar-refractivity contribution in [3.63, 3.8) is 0 Å². The Labute approximate surface area is 141 Å². The fourth-order valence-electron chi connectivity index (χ4n) is 2.30. The molecule has 1 unspecified atom stereocenters. The van der Waals surface area contributed by atoms with E-state index < -0.39 is 50.5 Å². The van der Waals surface area contributed by atoms with Crippen molar-refractivity contribution in [2.45, 2.75) is 24.5 Å². The second-order valence-electron chi connectivity index (χ2n) is 4.91. The summed E-state index contributed by atoms with van der Waals surface area (Å²) in [5.41, 5.74) is -1.58. The van der Waals surface area contributed by atoms with E-state index in [1.165, 1.54) is 0 Å².